The van der Waals surface area contributed by atoms with Crippen LogP contribution in [-0.2, 0) is 0 Å². The summed E-state index contributed by atoms with van der Waals surface area (Å²) in [6.45, 7) is 8.23. The van der Waals surface area contributed by atoms with Gasteiger partial charge in [0.25, 0.3) is 5.91 Å². The largest absolute Gasteiger partial charge is 0.372 e. The highest BCUT2D eigenvalue weighted by Crippen LogP contribution is 2.23. The molecule has 0 fully saturated rings. The molecule has 24 heavy (non-hydrogen) atoms. The monoisotopic (exact) mass is 322 g/mol. The summed E-state index contributed by atoms with van der Waals surface area (Å²) in [6, 6.07) is 9.77. The molecule has 1 N–H and O–H groups in total. The van der Waals surface area contributed by atoms with Gasteiger partial charge >= 0.3 is 0 Å². The van der Waals surface area contributed by atoms with E-state index in [1.165, 1.54) is 5.69 Å². The minimum atomic E-state index is -0.114. The number of anilines is 2. The van der Waals surface area contributed by atoms with Crippen LogP contribution in [0.25, 0.3) is 5.52 Å². The van der Waals surface area contributed by atoms with E-state index in [1.54, 1.807) is 18.6 Å². The Balaban J connectivity index is 1.80. The van der Waals surface area contributed by atoms with E-state index in [4.69, 9.17) is 0 Å². The van der Waals surface area contributed by atoms with Gasteiger partial charge in [-0.05, 0) is 56.7 Å². The number of fused-ring (bicyclic) bond motifs is 1. The minimum absolute atomic E-state index is 0.114. The molecule has 0 bridgehead atoms. The number of nitrogens with one attached hydrogen (secondary N) is 1. The molecule has 0 saturated heterocycles. The summed E-state index contributed by atoms with van der Waals surface area (Å²) >= 11 is 0. The molecular weight excluding hydrogens is 300 g/mol. The van der Waals surface area contributed by atoms with E-state index in [9.17, 15) is 4.79 Å². The van der Waals surface area contributed by atoms with Crippen LogP contribution in [0, 0.1) is 6.92 Å². The first kappa shape index (κ1) is 16.1. The molecule has 0 radical (unpaired) electrons. The predicted molar refractivity (Wildman–Crippen MR) is 97.9 cm³/mol. The molecule has 124 valence electrons. The molecule has 0 aliphatic carbocycles. The molecule has 0 aliphatic heterocycles. The van der Waals surface area contributed by atoms with Gasteiger partial charge in [-0.3, -0.25) is 4.79 Å². The Hall–Kier alpha value is -2.82. The van der Waals surface area contributed by atoms with E-state index < -0.39 is 0 Å². The summed E-state index contributed by atoms with van der Waals surface area (Å²) in [5.41, 5.74) is 4.59. The van der Waals surface area contributed by atoms with Crippen molar-refractivity contribution >= 4 is 22.8 Å². The average Bonchev–Trinajstić information content (AvgIpc) is 3.05. The van der Waals surface area contributed by atoms with E-state index in [1.807, 2.05) is 29.7 Å². The fourth-order valence-electron chi connectivity index (χ4n) is 2.83. The van der Waals surface area contributed by atoms with Crippen LogP contribution >= 0.6 is 0 Å². The Morgan fingerprint density at radius 1 is 1.21 bits per heavy atom. The highest BCUT2D eigenvalue weighted by atomic mass is 16.1. The van der Waals surface area contributed by atoms with Crippen LogP contribution < -0.4 is 10.2 Å². The molecule has 3 rings (SSSR count). The van der Waals surface area contributed by atoms with Gasteiger partial charge in [-0.15, -0.1) is 0 Å². The Bertz CT molecular complexity index is 865. The van der Waals surface area contributed by atoms with Crippen LogP contribution in [0.4, 0.5) is 11.4 Å². The van der Waals surface area contributed by atoms with Crippen LogP contribution in [0.1, 0.15) is 29.8 Å². The lowest BCUT2D eigenvalue weighted by Gasteiger charge is -2.22. The van der Waals surface area contributed by atoms with Crippen molar-refractivity contribution in [3.05, 3.63) is 60.2 Å². The van der Waals surface area contributed by atoms with Crippen molar-refractivity contribution in [3.8, 4) is 0 Å². The third kappa shape index (κ3) is 3.11. The van der Waals surface area contributed by atoms with Crippen molar-refractivity contribution in [2.75, 3.05) is 23.3 Å². The van der Waals surface area contributed by atoms with Gasteiger partial charge in [-0.25, -0.2) is 4.98 Å². The first-order valence-corrected chi connectivity index (χ1v) is 8.21. The van der Waals surface area contributed by atoms with Gasteiger partial charge in [-0.2, -0.15) is 0 Å². The second kappa shape index (κ2) is 6.74. The summed E-state index contributed by atoms with van der Waals surface area (Å²) in [7, 11) is 0. The zero-order valence-corrected chi connectivity index (χ0v) is 14.3. The zero-order chi connectivity index (χ0) is 17.1. The maximum Gasteiger partial charge on any atom is 0.255 e. The van der Waals surface area contributed by atoms with E-state index >= 15 is 0 Å². The zero-order valence-electron chi connectivity index (χ0n) is 14.3. The quantitative estimate of drug-likeness (QED) is 0.778. The van der Waals surface area contributed by atoms with Crippen molar-refractivity contribution in [2.45, 2.75) is 20.8 Å². The highest BCUT2D eigenvalue weighted by molar-refractivity contribution is 6.05. The Morgan fingerprint density at radius 2 is 2.00 bits per heavy atom. The average molecular weight is 322 g/mol. The third-order valence-corrected chi connectivity index (χ3v) is 4.26. The number of amides is 1. The summed E-state index contributed by atoms with van der Waals surface area (Å²) in [6.07, 6.45) is 5.29. The molecule has 0 aliphatic rings. The van der Waals surface area contributed by atoms with E-state index in [2.05, 4.69) is 41.2 Å². The number of hydrogen-bond donors (Lipinski definition) is 1. The van der Waals surface area contributed by atoms with Gasteiger partial charge < -0.3 is 14.6 Å². The molecule has 5 heteroatoms. The number of aryl methyl sites for hydroxylation is 1. The number of hydrogen-bond acceptors (Lipinski definition) is 3. The number of aromatic nitrogens is 2. The van der Waals surface area contributed by atoms with Crippen molar-refractivity contribution in [1.82, 2.24) is 9.38 Å². The fraction of sp³-hybridized carbons (Fsp3) is 0.263. The standard InChI is InChI=1S/C19H22N4O/c1-4-22(5-2)16-6-7-18(14(3)10-16)21-19(24)15-8-9-23-13-20-12-17(23)11-15/h6-13H,4-5H2,1-3H3,(H,21,24). The molecule has 2 aromatic heterocycles. The normalized spacial score (nSPS) is 10.8. The van der Waals surface area contributed by atoms with E-state index in [0.29, 0.717) is 5.56 Å². The summed E-state index contributed by atoms with van der Waals surface area (Å²) in [5, 5.41) is 3.00. The number of pyridine rings is 1. The lowest BCUT2D eigenvalue weighted by molar-refractivity contribution is 0.102. The molecule has 0 spiro atoms. The van der Waals surface area contributed by atoms with Gasteiger partial charge in [0.05, 0.1) is 18.0 Å². The maximum absolute atomic E-state index is 12.5. The van der Waals surface area contributed by atoms with Gasteiger partial charge in [-0.1, -0.05) is 0 Å². The SMILES string of the molecule is CCN(CC)c1ccc(NC(=O)c2ccn3cncc3c2)c(C)c1. The summed E-state index contributed by atoms with van der Waals surface area (Å²) in [4.78, 5) is 18.9. The lowest BCUT2D eigenvalue weighted by atomic mass is 10.1. The molecular formula is C19H22N4O. The second-order valence-corrected chi connectivity index (χ2v) is 5.77. The minimum Gasteiger partial charge on any atom is -0.372 e. The van der Waals surface area contributed by atoms with Crippen molar-refractivity contribution in [1.29, 1.82) is 0 Å². The molecule has 5 nitrogen and oxygen atoms in total. The summed E-state index contributed by atoms with van der Waals surface area (Å²) in [5.74, 6) is -0.114. The van der Waals surface area contributed by atoms with Crippen LogP contribution in [0.15, 0.2) is 49.1 Å². The Morgan fingerprint density at radius 3 is 2.71 bits per heavy atom. The molecule has 2 heterocycles. The first-order chi connectivity index (χ1) is 11.6. The molecule has 3 aromatic rings. The summed E-state index contributed by atoms with van der Waals surface area (Å²) < 4.78 is 1.88. The first-order valence-electron chi connectivity index (χ1n) is 8.21. The molecule has 1 aromatic carbocycles. The Labute approximate surface area is 141 Å². The van der Waals surface area contributed by atoms with Crippen molar-refractivity contribution in [3.63, 3.8) is 0 Å². The number of nitrogens with zero attached hydrogens (tertiary/aromatic N) is 3. The maximum atomic E-state index is 12.5. The van der Waals surface area contributed by atoms with Crippen molar-refractivity contribution in [2.24, 2.45) is 0 Å². The second-order valence-electron chi connectivity index (χ2n) is 5.77. The van der Waals surface area contributed by atoms with Gasteiger partial charge in [0, 0.05) is 36.2 Å². The molecule has 0 saturated carbocycles. The van der Waals surface area contributed by atoms with Gasteiger partial charge in [0.1, 0.15) is 0 Å². The molecule has 1 amide bonds. The predicted octanol–water partition coefficient (Wildman–Crippen LogP) is 3.74. The van der Waals surface area contributed by atoms with Gasteiger partial charge in [0.15, 0.2) is 0 Å². The van der Waals surface area contributed by atoms with E-state index in [-0.39, 0.29) is 5.91 Å². The fourth-order valence-corrected chi connectivity index (χ4v) is 2.83. The molecule has 0 unspecified atom stereocenters. The smallest absolute Gasteiger partial charge is 0.255 e. The number of imidazole rings is 1. The topological polar surface area (TPSA) is 49.6 Å². The Kier molecular flexibility index (Phi) is 4.51. The van der Waals surface area contributed by atoms with Crippen LogP contribution in [0.5, 0.6) is 0 Å². The number of benzene rings is 1. The number of rotatable bonds is 5. The van der Waals surface area contributed by atoms with E-state index in [0.717, 1.165) is 29.9 Å². The number of carbonyl (C=O) groups excluding carboxylic acids is 1. The van der Waals surface area contributed by atoms with Crippen LogP contribution in [0.3, 0.4) is 0 Å². The highest BCUT2D eigenvalue weighted by Gasteiger charge is 2.10. The van der Waals surface area contributed by atoms with Gasteiger partial charge in [0.2, 0.25) is 0 Å². The molecule has 0 atom stereocenters. The number of carbonyl (C=O) groups is 1. The lowest BCUT2D eigenvalue weighted by Crippen LogP contribution is -2.22. The van der Waals surface area contributed by atoms with Crippen LogP contribution in [0.2, 0.25) is 0 Å². The third-order valence-electron chi connectivity index (χ3n) is 4.26. The van der Waals surface area contributed by atoms with Crippen molar-refractivity contribution < 1.29 is 4.79 Å². The van der Waals surface area contributed by atoms with Crippen LogP contribution in [-0.4, -0.2) is 28.4 Å².